The molecule has 0 aliphatic heterocycles. The summed E-state index contributed by atoms with van der Waals surface area (Å²) in [5, 5.41) is 0. The predicted molar refractivity (Wildman–Crippen MR) is 113 cm³/mol. The summed E-state index contributed by atoms with van der Waals surface area (Å²) in [6, 6.07) is 13.0. The van der Waals surface area contributed by atoms with Crippen LogP contribution in [0.15, 0.2) is 48.5 Å². The van der Waals surface area contributed by atoms with Gasteiger partial charge in [-0.25, -0.2) is 9.59 Å². The van der Waals surface area contributed by atoms with E-state index < -0.39 is 11.9 Å². The highest BCUT2D eigenvalue weighted by atomic mass is 16.5. The fourth-order valence-corrected chi connectivity index (χ4v) is 2.62. The molecule has 2 aromatic rings. The van der Waals surface area contributed by atoms with Crippen molar-refractivity contribution in [2.24, 2.45) is 0 Å². The van der Waals surface area contributed by atoms with E-state index in [9.17, 15) is 14.4 Å². The Balaban J connectivity index is 2.24. The van der Waals surface area contributed by atoms with E-state index in [0.717, 1.165) is 12.8 Å². The Morgan fingerprint density at radius 1 is 0.967 bits per heavy atom. The van der Waals surface area contributed by atoms with Gasteiger partial charge in [-0.1, -0.05) is 31.5 Å². The lowest BCUT2D eigenvalue weighted by Gasteiger charge is -2.20. The molecule has 30 heavy (non-hydrogen) atoms. The van der Waals surface area contributed by atoms with Crippen molar-refractivity contribution < 1.29 is 28.6 Å². The lowest BCUT2D eigenvalue weighted by molar-refractivity contribution is -0.122. The number of carbonyl (C=O) groups excluding carboxylic acids is 3. The highest BCUT2D eigenvalue weighted by Gasteiger charge is 2.22. The number of ether oxygens (including phenoxy) is 3. The van der Waals surface area contributed by atoms with Gasteiger partial charge in [0, 0.05) is 13.7 Å². The van der Waals surface area contributed by atoms with Crippen molar-refractivity contribution in [1.82, 2.24) is 0 Å². The topological polar surface area (TPSA) is 82.1 Å². The van der Waals surface area contributed by atoms with Gasteiger partial charge in [0.2, 0.25) is 0 Å². The molecule has 0 aromatic heterocycles. The molecule has 0 fully saturated rings. The summed E-state index contributed by atoms with van der Waals surface area (Å²) in [6.45, 7) is 4.27. The lowest BCUT2D eigenvalue weighted by atomic mass is 10.1. The smallest absolute Gasteiger partial charge is 0.343 e. The van der Waals surface area contributed by atoms with Gasteiger partial charge in [0.25, 0.3) is 5.91 Å². The second kappa shape index (κ2) is 11.7. The molecular formula is C23H27NO6. The number of likely N-dealkylation sites (N-methyl/N-ethyl adjacent to an activating group) is 1. The van der Waals surface area contributed by atoms with Crippen LogP contribution in [0.2, 0.25) is 0 Å². The number of carbonyl (C=O) groups is 3. The SMILES string of the molecule is CCCCOCC(=O)N(C)c1ccc(C(=O)Oc2ccccc2)cc1C(=O)OCC. The van der Waals surface area contributed by atoms with Crippen molar-refractivity contribution in [3.05, 3.63) is 59.7 Å². The van der Waals surface area contributed by atoms with Crippen molar-refractivity contribution in [3.63, 3.8) is 0 Å². The first-order valence-corrected chi connectivity index (χ1v) is 9.90. The van der Waals surface area contributed by atoms with E-state index in [0.29, 0.717) is 18.0 Å². The highest BCUT2D eigenvalue weighted by Crippen LogP contribution is 2.24. The molecule has 1 amide bonds. The third-order valence-electron chi connectivity index (χ3n) is 4.28. The zero-order valence-corrected chi connectivity index (χ0v) is 17.6. The molecule has 0 saturated heterocycles. The molecule has 0 spiro atoms. The van der Waals surface area contributed by atoms with Crippen LogP contribution in [-0.4, -0.2) is 44.7 Å². The Labute approximate surface area is 176 Å². The first kappa shape index (κ1) is 23.1. The summed E-state index contributed by atoms with van der Waals surface area (Å²) >= 11 is 0. The van der Waals surface area contributed by atoms with E-state index in [1.165, 1.54) is 23.1 Å². The summed E-state index contributed by atoms with van der Waals surface area (Å²) < 4.78 is 15.8. The van der Waals surface area contributed by atoms with Gasteiger partial charge in [-0.3, -0.25) is 4.79 Å². The van der Waals surface area contributed by atoms with Gasteiger partial charge >= 0.3 is 11.9 Å². The average Bonchev–Trinajstić information content (AvgIpc) is 2.76. The number of esters is 2. The van der Waals surface area contributed by atoms with Crippen molar-refractivity contribution in [1.29, 1.82) is 0 Å². The van der Waals surface area contributed by atoms with Crippen LogP contribution in [0.3, 0.4) is 0 Å². The molecule has 7 heteroatoms. The Morgan fingerprint density at radius 2 is 1.70 bits per heavy atom. The molecule has 0 atom stereocenters. The van der Waals surface area contributed by atoms with Gasteiger partial charge in [-0.05, 0) is 43.7 Å². The minimum atomic E-state index is -0.631. The van der Waals surface area contributed by atoms with Gasteiger partial charge in [0.15, 0.2) is 0 Å². The first-order chi connectivity index (χ1) is 14.5. The zero-order chi connectivity index (χ0) is 21.9. The third-order valence-corrected chi connectivity index (χ3v) is 4.28. The maximum atomic E-state index is 12.5. The summed E-state index contributed by atoms with van der Waals surface area (Å²) in [5.41, 5.74) is 0.600. The van der Waals surface area contributed by atoms with Crippen LogP contribution in [0.1, 0.15) is 47.4 Å². The number of anilines is 1. The van der Waals surface area contributed by atoms with Gasteiger partial charge in [-0.2, -0.15) is 0 Å². The molecule has 0 bridgehead atoms. The van der Waals surface area contributed by atoms with Gasteiger partial charge in [-0.15, -0.1) is 0 Å². The molecule has 0 saturated carbocycles. The Bertz CT molecular complexity index is 865. The maximum Gasteiger partial charge on any atom is 0.343 e. The number of benzene rings is 2. The Hall–Kier alpha value is -3.19. The summed E-state index contributed by atoms with van der Waals surface area (Å²) in [4.78, 5) is 38.8. The van der Waals surface area contributed by atoms with Crippen molar-refractivity contribution in [2.45, 2.75) is 26.7 Å². The predicted octanol–water partition coefficient (Wildman–Crippen LogP) is 3.86. The van der Waals surface area contributed by atoms with E-state index in [-0.39, 0.29) is 30.2 Å². The fourth-order valence-electron chi connectivity index (χ4n) is 2.62. The number of hydrogen-bond acceptors (Lipinski definition) is 6. The Kier molecular flexibility index (Phi) is 9.03. The number of unbranched alkanes of at least 4 members (excludes halogenated alkanes) is 1. The van der Waals surface area contributed by atoms with Gasteiger partial charge < -0.3 is 19.1 Å². The van der Waals surface area contributed by atoms with E-state index in [1.807, 2.05) is 13.0 Å². The number of hydrogen-bond donors (Lipinski definition) is 0. The van der Waals surface area contributed by atoms with Crippen LogP contribution in [-0.2, 0) is 14.3 Å². The molecule has 2 aromatic carbocycles. The molecule has 0 heterocycles. The fraction of sp³-hybridized carbons (Fsp3) is 0.348. The van der Waals surface area contributed by atoms with Gasteiger partial charge in [0.1, 0.15) is 12.4 Å². The second-order valence-corrected chi connectivity index (χ2v) is 6.51. The minimum absolute atomic E-state index is 0.101. The first-order valence-electron chi connectivity index (χ1n) is 9.90. The van der Waals surface area contributed by atoms with E-state index >= 15 is 0 Å². The van der Waals surface area contributed by atoms with Crippen LogP contribution in [0.5, 0.6) is 5.75 Å². The monoisotopic (exact) mass is 413 g/mol. The van der Waals surface area contributed by atoms with Crippen LogP contribution < -0.4 is 9.64 Å². The second-order valence-electron chi connectivity index (χ2n) is 6.51. The number of para-hydroxylation sites is 1. The maximum absolute atomic E-state index is 12.5. The van der Waals surface area contributed by atoms with Crippen LogP contribution >= 0.6 is 0 Å². The molecule has 160 valence electrons. The quantitative estimate of drug-likeness (QED) is 0.334. The van der Waals surface area contributed by atoms with E-state index in [4.69, 9.17) is 14.2 Å². The van der Waals surface area contributed by atoms with Crippen LogP contribution in [0.25, 0.3) is 0 Å². The number of rotatable bonds is 10. The van der Waals surface area contributed by atoms with E-state index in [2.05, 4.69) is 0 Å². The van der Waals surface area contributed by atoms with Crippen LogP contribution in [0.4, 0.5) is 5.69 Å². The molecule has 0 radical (unpaired) electrons. The molecule has 0 N–H and O–H groups in total. The lowest BCUT2D eigenvalue weighted by Crippen LogP contribution is -2.32. The highest BCUT2D eigenvalue weighted by molar-refractivity contribution is 6.04. The summed E-state index contributed by atoms with van der Waals surface area (Å²) in [5.74, 6) is -1.17. The van der Waals surface area contributed by atoms with Crippen molar-refractivity contribution in [2.75, 3.05) is 31.8 Å². The molecule has 0 aliphatic carbocycles. The third kappa shape index (κ3) is 6.42. The van der Waals surface area contributed by atoms with Gasteiger partial charge in [0.05, 0.1) is 23.4 Å². The van der Waals surface area contributed by atoms with Crippen molar-refractivity contribution >= 4 is 23.5 Å². The zero-order valence-electron chi connectivity index (χ0n) is 17.6. The standard InChI is InChI=1S/C23H27NO6/c1-4-6-14-28-16-21(25)24(3)20-13-12-17(15-19(20)23(27)29-5-2)22(26)30-18-10-8-7-9-11-18/h7-13,15H,4-6,14,16H2,1-3H3. The largest absolute Gasteiger partial charge is 0.462 e. The minimum Gasteiger partial charge on any atom is -0.462 e. The molecule has 2 rings (SSSR count). The summed E-state index contributed by atoms with van der Waals surface area (Å²) in [6.07, 6.45) is 1.83. The Morgan fingerprint density at radius 3 is 2.37 bits per heavy atom. The van der Waals surface area contributed by atoms with E-state index in [1.54, 1.807) is 38.2 Å². The average molecular weight is 413 g/mol. The molecule has 0 unspecified atom stereocenters. The molecule has 0 aliphatic rings. The van der Waals surface area contributed by atoms with Crippen LogP contribution in [0, 0.1) is 0 Å². The van der Waals surface area contributed by atoms with Crippen molar-refractivity contribution in [3.8, 4) is 5.75 Å². The number of nitrogens with zero attached hydrogens (tertiary/aromatic N) is 1. The normalized spacial score (nSPS) is 10.4. The molecular weight excluding hydrogens is 386 g/mol. The molecule has 7 nitrogen and oxygen atoms in total. The summed E-state index contributed by atoms with van der Waals surface area (Å²) in [7, 11) is 1.55. The number of amides is 1.